The summed E-state index contributed by atoms with van der Waals surface area (Å²) in [7, 11) is -7.80. The summed E-state index contributed by atoms with van der Waals surface area (Å²) >= 11 is 1.03. The number of hydrogen-bond acceptors (Lipinski definition) is 8. The average Bonchev–Trinajstić information content (AvgIpc) is 3.23. The first kappa shape index (κ1) is 29.0. The molecule has 1 unspecified atom stereocenters. The molecule has 39 heavy (non-hydrogen) atoms. The number of primary sulfonamides is 1. The van der Waals surface area contributed by atoms with E-state index in [9.17, 15) is 35.2 Å². The summed E-state index contributed by atoms with van der Waals surface area (Å²) in [6.07, 6.45) is 0.275. The fourth-order valence-electron chi connectivity index (χ4n) is 4.12. The van der Waals surface area contributed by atoms with Crippen LogP contribution >= 0.6 is 11.3 Å². The molecule has 2 heterocycles. The summed E-state index contributed by atoms with van der Waals surface area (Å²) in [6.45, 7) is 0.119. The average molecular weight is 601 g/mol. The molecule has 15 heteroatoms. The van der Waals surface area contributed by atoms with E-state index in [2.05, 4.69) is 10.3 Å². The number of likely N-dealkylation sites (tertiary alicyclic amines) is 1. The van der Waals surface area contributed by atoms with E-state index in [1.54, 1.807) is 49.4 Å². The molecule has 2 amide bonds. The van der Waals surface area contributed by atoms with Crippen molar-refractivity contribution in [3.05, 3.63) is 53.0 Å². The topological polar surface area (TPSA) is 157 Å². The van der Waals surface area contributed by atoms with Gasteiger partial charge in [-0.3, -0.25) is 9.59 Å². The summed E-state index contributed by atoms with van der Waals surface area (Å²) in [4.78, 5) is 30.7. The van der Waals surface area contributed by atoms with Gasteiger partial charge in [-0.1, -0.05) is 25.1 Å². The van der Waals surface area contributed by atoms with Gasteiger partial charge in [-0.15, -0.1) is 11.3 Å². The highest BCUT2D eigenvalue weighted by Gasteiger charge is 2.46. The molecule has 1 aliphatic heterocycles. The van der Waals surface area contributed by atoms with E-state index in [1.807, 2.05) is 0 Å². The zero-order valence-corrected chi connectivity index (χ0v) is 23.2. The number of thiazole rings is 1. The molecule has 0 bridgehead atoms. The summed E-state index contributed by atoms with van der Waals surface area (Å²) in [5.74, 6) is -5.01. The van der Waals surface area contributed by atoms with E-state index < -0.39 is 61.7 Å². The largest absolute Gasteiger partial charge is 0.354 e. The van der Waals surface area contributed by atoms with Gasteiger partial charge in [0.2, 0.25) is 15.9 Å². The molecule has 0 radical (unpaired) electrons. The van der Waals surface area contributed by atoms with Gasteiger partial charge >= 0.3 is 0 Å². The number of amides is 2. The van der Waals surface area contributed by atoms with Crippen molar-refractivity contribution in [1.29, 1.82) is 0 Å². The maximum atomic E-state index is 13.1. The van der Waals surface area contributed by atoms with Gasteiger partial charge in [-0.25, -0.2) is 35.7 Å². The summed E-state index contributed by atoms with van der Waals surface area (Å²) in [6, 6.07) is 11.7. The maximum absolute atomic E-state index is 13.1. The molecule has 0 saturated carbocycles. The van der Waals surface area contributed by atoms with Crippen molar-refractivity contribution in [2.75, 3.05) is 31.1 Å². The molecular weight excluding hydrogens is 574 g/mol. The fourth-order valence-corrected chi connectivity index (χ4v) is 7.65. The van der Waals surface area contributed by atoms with Gasteiger partial charge in [0.15, 0.2) is 15.1 Å². The van der Waals surface area contributed by atoms with Crippen molar-refractivity contribution >= 4 is 53.2 Å². The number of benzene rings is 2. The first-order valence-electron chi connectivity index (χ1n) is 11.9. The smallest absolute Gasteiger partial charge is 0.282 e. The zero-order chi connectivity index (χ0) is 28.6. The highest BCUT2D eigenvalue weighted by molar-refractivity contribution is 7.92. The summed E-state index contributed by atoms with van der Waals surface area (Å²) in [5, 5.41) is 5.73. The van der Waals surface area contributed by atoms with Gasteiger partial charge in [-0.05, 0) is 41.8 Å². The van der Waals surface area contributed by atoms with E-state index in [-0.39, 0.29) is 29.3 Å². The van der Waals surface area contributed by atoms with Crippen LogP contribution in [0, 0.1) is 0 Å². The molecule has 4 rings (SSSR count). The lowest BCUT2D eigenvalue weighted by molar-refractivity contribution is -0.120. The number of sulfonamides is 1. The fraction of sp³-hybridized carbons (Fsp3) is 0.375. The molecule has 10 nitrogen and oxygen atoms in total. The first-order valence-corrected chi connectivity index (χ1v) is 16.1. The van der Waals surface area contributed by atoms with Crippen LogP contribution in [0.1, 0.15) is 34.0 Å². The number of nitrogens with one attached hydrogen (secondary N) is 1. The standard InChI is InChI=1S/C24H26F2N4O6S3/c1-2-10-38(33,34)20(21(31)28-9-11-39(27,35)36)22-29-18-8-7-17(12-19(18)37-22)15-3-5-16(6-4-15)23(32)30-13-24(25,26)14-30/h3-8,12,20H,2,9-11,13-14H2,1H3,(H,28,31)(H2,27,35,36). The van der Waals surface area contributed by atoms with E-state index in [1.165, 1.54) is 0 Å². The van der Waals surface area contributed by atoms with Gasteiger partial charge < -0.3 is 10.2 Å². The Kier molecular flexibility index (Phi) is 8.08. The van der Waals surface area contributed by atoms with Crippen LogP contribution in [0.25, 0.3) is 21.3 Å². The highest BCUT2D eigenvalue weighted by Crippen LogP contribution is 2.35. The van der Waals surface area contributed by atoms with Gasteiger partial charge in [-0.2, -0.15) is 0 Å². The predicted octanol–water partition coefficient (Wildman–Crippen LogP) is 2.33. The van der Waals surface area contributed by atoms with Crippen LogP contribution in [-0.2, 0) is 24.7 Å². The van der Waals surface area contributed by atoms with Gasteiger partial charge in [0.05, 0.1) is 34.8 Å². The van der Waals surface area contributed by atoms with Crippen LogP contribution in [0.2, 0.25) is 0 Å². The second-order valence-electron chi connectivity index (χ2n) is 9.23. The van der Waals surface area contributed by atoms with E-state index in [0.29, 0.717) is 10.2 Å². The third-order valence-corrected chi connectivity index (χ3v) is 10.1. The molecule has 2 aromatic carbocycles. The van der Waals surface area contributed by atoms with Crippen LogP contribution in [0.15, 0.2) is 42.5 Å². The normalized spacial score (nSPS) is 16.1. The highest BCUT2D eigenvalue weighted by atomic mass is 32.2. The zero-order valence-electron chi connectivity index (χ0n) is 20.8. The molecular formula is C24H26F2N4O6S3. The second kappa shape index (κ2) is 10.9. The number of carbonyl (C=O) groups excluding carboxylic acids is 2. The number of sulfone groups is 1. The quantitative estimate of drug-likeness (QED) is 0.362. The van der Waals surface area contributed by atoms with Crippen molar-refractivity contribution < 1.29 is 35.2 Å². The van der Waals surface area contributed by atoms with Crippen molar-refractivity contribution in [2.45, 2.75) is 24.5 Å². The lowest BCUT2D eigenvalue weighted by atomic mass is 10.0. The minimum absolute atomic E-state index is 0.0519. The van der Waals surface area contributed by atoms with E-state index in [0.717, 1.165) is 27.4 Å². The lowest BCUT2D eigenvalue weighted by Crippen LogP contribution is -2.58. The lowest BCUT2D eigenvalue weighted by Gasteiger charge is -2.38. The molecule has 1 atom stereocenters. The van der Waals surface area contributed by atoms with Crippen LogP contribution in [0.4, 0.5) is 8.78 Å². The van der Waals surface area contributed by atoms with E-state index in [4.69, 9.17) is 5.14 Å². The Labute approximate surface area is 228 Å². The number of halogens is 2. The van der Waals surface area contributed by atoms with E-state index >= 15 is 0 Å². The van der Waals surface area contributed by atoms with Gasteiger partial charge in [0.1, 0.15) is 5.01 Å². The molecule has 1 saturated heterocycles. The minimum Gasteiger partial charge on any atom is -0.354 e. The number of nitrogens with two attached hydrogens (primary N) is 1. The number of nitrogens with zero attached hydrogens (tertiary/aromatic N) is 2. The van der Waals surface area contributed by atoms with Crippen LogP contribution in [0.5, 0.6) is 0 Å². The van der Waals surface area contributed by atoms with Crippen molar-refractivity contribution in [3.63, 3.8) is 0 Å². The third kappa shape index (κ3) is 6.77. The molecule has 1 fully saturated rings. The predicted molar refractivity (Wildman–Crippen MR) is 144 cm³/mol. The first-order chi connectivity index (χ1) is 18.2. The number of hydrogen-bond donors (Lipinski definition) is 2. The molecule has 1 aliphatic rings. The van der Waals surface area contributed by atoms with Crippen molar-refractivity contribution in [1.82, 2.24) is 15.2 Å². The number of aromatic nitrogens is 1. The Morgan fingerprint density at radius 3 is 2.31 bits per heavy atom. The second-order valence-corrected chi connectivity index (χ2v) is 14.2. The number of rotatable bonds is 10. The molecule has 0 aliphatic carbocycles. The maximum Gasteiger partial charge on any atom is 0.282 e. The molecule has 3 aromatic rings. The Morgan fingerprint density at radius 2 is 1.72 bits per heavy atom. The van der Waals surface area contributed by atoms with Crippen molar-refractivity contribution in [3.8, 4) is 11.1 Å². The van der Waals surface area contributed by atoms with Crippen LogP contribution < -0.4 is 10.5 Å². The third-order valence-electron chi connectivity index (χ3n) is 6.00. The molecule has 210 valence electrons. The summed E-state index contributed by atoms with van der Waals surface area (Å²) < 4.78 is 75.2. The molecule has 0 spiro atoms. The van der Waals surface area contributed by atoms with Crippen LogP contribution in [0.3, 0.4) is 0 Å². The number of fused-ring (bicyclic) bond motifs is 1. The number of alkyl halides is 2. The SMILES string of the molecule is CCCS(=O)(=O)C(C(=O)NCCS(N)(=O)=O)c1nc2ccc(-c3ccc(C(=O)N4CC(F)(F)C4)cc3)cc2s1. The number of carbonyl (C=O) groups is 2. The van der Waals surface area contributed by atoms with Gasteiger partial charge in [0.25, 0.3) is 11.8 Å². The Hall–Kier alpha value is -3.01. The monoisotopic (exact) mass is 600 g/mol. The van der Waals surface area contributed by atoms with Gasteiger partial charge in [0, 0.05) is 12.1 Å². The van der Waals surface area contributed by atoms with Crippen molar-refractivity contribution in [2.24, 2.45) is 5.14 Å². The minimum atomic E-state index is -3.95. The Bertz CT molecular complexity index is 1610. The molecule has 3 N–H and O–H groups in total. The molecule has 1 aromatic heterocycles. The summed E-state index contributed by atoms with van der Waals surface area (Å²) in [5.41, 5.74) is 2.22. The Balaban J connectivity index is 1.58. The van der Waals surface area contributed by atoms with Crippen LogP contribution in [-0.4, -0.2) is 75.6 Å². The Morgan fingerprint density at radius 1 is 1.08 bits per heavy atom.